The molecule has 0 bridgehead atoms. The van der Waals surface area contributed by atoms with E-state index in [0.29, 0.717) is 12.2 Å². The lowest BCUT2D eigenvalue weighted by Gasteiger charge is -2.18. The van der Waals surface area contributed by atoms with Gasteiger partial charge < -0.3 is 10.2 Å². The molecular formula is C13H19Cl2N3O2. The molecule has 0 spiro atoms. The zero-order valence-corrected chi connectivity index (χ0v) is 13.2. The van der Waals surface area contributed by atoms with E-state index in [9.17, 15) is 10.1 Å². The Morgan fingerprint density at radius 2 is 1.80 bits per heavy atom. The molecule has 0 saturated heterocycles. The van der Waals surface area contributed by atoms with Crippen molar-refractivity contribution in [2.24, 2.45) is 0 Å². The zero-order valence-electron chi connectivity index (χ0n) is 11.7. The summed E-state index contributed by atoms with van der Waals surface area (Å²) in [7, 11) is 0. The molecule has 1 rings (SSSR count). The van der Waals surface area contributed by atoms with Crippen molar-refractivity contribution in [3.05, 3.63) is 32.3 Å². The van der Waals surface area contributed by atoms with Crippen molar-refractivity contribution >= 4 is 34.6 Å². The second kappa shape index (κ2) is 8.29. The third-order valence-corrected chi connectivity index (χ3v) is 3.68. The van der Waals surface area contributed by atoms with Gasteiger partial charge in [0.1, 0.15) is 0 Å². The molecule has 112 valence electrons. The van der Waals surface area contributed by atoms with Crippen molar-refractivity contribution in [1.29, 1.82) is 0 Å². The monoisotopic (exact) mass is 319 g/mol. The first-order valence-electron chi connectivity index (χ1n) is 6.59. The smallest absolute Gasteiger partial charge is 0.272 e. The summed E-state index contributed by atoms with van der Waals surface area (Å²) in [6.07, 6.45) is 0.950. The molecule has 5 nitrogen and oxygen atoms in total. The topological polar surface area (TPSA) is 58.4 Å². The first-order valence-corrected chi connectivity index (χ1v) is 7.34. The maximum atomic E-state index is 10.7. The third-order valence-electron chi connectivity index (χ3n) is 3.09. The first kappa shape index (κ1) is 17.0. The van der Waals surface area contributed by atoms with Gasteiger partial charge in [0.2, 0.25) is 0 Å². The minimum atomic E-state index is -0.512. The second-order valence-corrected chi connectivity index (χ2v) is 5.16. The zero-order chi connectivity index (χ0) is 15.1. The van der Waals surface area contributed by atoms with Crippen molar-refractivity contribution in [1.82, 2.24) is 4.90 Å². The number of hydrogen-bond acceptors (Lipinski definition) is 4. The van der Waals surface area contributed by atoms with Gasteiger partial charge in [-0.1, -0.05) is 37.0 Å². The molecule has 0 radical (unpaired) electrons. The van der Waals surface area contributed by atoms with Gasteiger partial charge in [0.05, 0.1) is 20.7 Å². The summed E-state index contributed by atoms with van der Waals surface area (Å²) in [6, 6.07) is 2.61. The van der Waals surface area contributed by atoms with Crippen molar-refractivity contribution in [2.75, 3.05) is 31.5 Å². The Kier molecular flexibility index (Phi) is 7.05. The van der Waals surface area contributed by atoms with Crippen LogP contribution in [-0.2, 0) is 0 Å². The molecule has 0 fully saturated rings. The van der Waals surface area contributed by atoms with Gasteiger partial charge in [-0.2, -0.15) is 0 Å². The molecule has 1 aromatic rings. The van der Waals surface area contributed by atoms with Crippen LogP contribution in [0.1, 0.15) is 20.3 Å². The van der Waals surface area contributed by atoms with Gasteiger partial charge in [0, 0.05) is 18.7 Å². The fourth-order valence-corrected chi connectivity index (χ4v) is 2.50. The lowest BCUT2D eigenvalue weighted by molar-refractivity contribution is -0.384. The highest BCUT2D eigenvalue weighted by Gasteiger charge is 2.14. The van der Waals surface area contributed by atoms with Crippen molar-refractivity contribution in [2.45, 2.75) is 20.3 Å². The summed E-state index contributed by atoms with van der Waals surface area (Å²) in [5, 5.41) is 14.4. The maximum Gasteiger partial charge on any atom is 0.272 e. The number of nitrogens with zero attached hydrogens (tertiary/aromatic N) is 2. The normalized spacial score (nSPS) is 10.8. The Hall–Kier alpha value is -1.04. The number of nitrogens with one attached hydrogen (secondary N) is 1. The summed E-state index contributed by atoms with van der Waals surface area (Å²) in [6.45, 7) is 8.00. The Morgan fingerprint density at radius 1 is 1.25 bits per heavy atom. The van der Waals surface area contributed by atoms with Gasteiger partial charge in [-0.15, -0.1) is 0 Å². The fraction of sp³-hybridized carbons (Fsp3) is 0.538. The van der Waals surface area contributed by atoms with E-state index in [1.54, 1.807) is 0 Å². The average molecular weight is 320 g/mol. The highest BCUT2D eigenvalue weighted by molar-refractivity contribution is 6.39. The molecule has 0 saturated carbocycles. The number of rotatable bonds is 8. The van der Waals surface area contributed by atoms with Gasteiger partial charge >= 0.3 is 0 Å². The molecule has 0 aliphatic carbocycles. The van der Waals surface area contributed by atoms with Crippen LogP contribution in [-0.4, -0.2) is 36.0 Å². The second-order valence-electron chi connectivity index (χ2n) is 4.35. The minimum Gasteiger partial charge on any atom is -0.383 e. The first-order chi connectivity index (χ1) is 9.49. The molecule has 20 heavy (non-hydrogen) atoms. The van der Waals surface area contributed by atoms with Crippen LogP contribution in [0.3, 0.4) is 0 Å². The number of nitro groups is 1. The van der Waals surface area contributed by atoms with Crippen LogP contribution in [0.5, 0.6) is 0 Å². The Balaban J connectivity index is 2.58. The maximum absolute atomic E-state index is 10.7. The molecular weight excluding hydrogens is 301 g/mol. The van der Waals surface area contributed by atoms with E-state index in [1.807, 2.05) is 0 Å². The molecule has 7 heteroatoms. The fourth-order valence-electron chi connectivity index (χ4n) is 1.89. The van der Waals surface area contributed by atoms with Crippen LogP contribution in [0.4, 0.5) is 11.4 Å². The SMILES string of the molecule is CCN(CC)CCCNc1c(Cl)cc([N+](=O)[O-])cc1Cl. The number of halogens is 2. The molecule has 1 N–H and O–H groups in total. The molecule has 0 heterocycles. The Morgan fingerprint density at radius 3 is 2.25 bits per heavy atom. The molecule has 0 unspecified atom stereocenters. The van der Waals surface area contributed by atoms with Crippen LogP contribution in [0.2, 0.25) is 10.0 Å². The van der Waals surface area contributed by atoms with E-state index >= 15 is 0 Å². The van der Waals surface area contributed by atoms with Crippen LogP contribution < -0.4 is 5.32 Å². The van der Waals surface area contributed by atoms with Gasteiger partial charge in [-0.05, 0) is 26.1 Å². The predicted molar refractivity (Wildman–Crippen MR) is 84.0 cm³/mol. The quantitative estimate of drug-likeness (QED) is 0.446. The number of nitro benzene ring substituents is 1. The number of anilines is 1. The van der Waals surface area contributed by atoms with Crippen LogP contribution in [0.25, 0.3) is 0 Å². The molecule has 0 aliphatic heterocycles. The van der Waals surface area contributed by atoms with E-state index in [2.05, 4.69) is 24.1 Å². The predicted octanol–water partition coefficient (Wildman–Crippen LogP) is 4.05. The number of benzene rings is 1. The van der Waals surface area contributed by atoms with E-state index in [0.717, 1.165) is 26.1 Å². The van der Waals surface area contributed by atoms with E-state index in [4.69, 9.17) is 23.2 Å². The van der Waals surface area contributed by atoms with E-state index in [-0.39, 0.29) is 15.7 Å². The van der Waals surface area contributed by atoms with Crippen LogP contribution >= 0.6 is 23.2 Å². The number of hydrogen-bond donors (Lipinski definition) is 1. The summed E-state index contributed by atoms with van der Waals surface area (Å²) < 4.78 is 0. The highest BCUT2D eigenvalue weighted by Crippen LogP contribution is 2.34. The van der Waals surface area contributed by atoms with E-state index < -0.39 is 4.92 Å². The highest BCUT2D eigenvalue weighted by atomic mass is 35.5. The summed E-state index contributed by atoms with van der Waals surface area (Å²) >= 11 is 12.0. The molecule has 0 aliphatic rings. The number of non-ortho nitro benzene ring substituents is 1. The standard InChI is InChI=1S/C13H19Cl2N3O2/c1-3-17(4-2)7-5-6-16-13-11(14)8-10(18(19)20)9-12(13)15/h8-9,16H,3-7H2,1-2H3. The van der Waals surface area contributed by atoms with Crippen molar-refractivity contribution in [3.63, 3.8) is 0 Å². The average Bonchev–Trinajstić information content (AvgIpc) is 2.41. The van der Waals surface area contributed by atoms with Crippen molar-refractivity contribution < 1.29 is 4.92 Å². The Bertz CT molecular complexity index is 442. The molecule has 0 amide bonds. The molecule has 0 atom stereocenters. The summed E-state index contributed by atoms with van der Waals surface area (Å²) in [4.78, 5) is 12.5. The molecule has 0 aromatic heterocycles. The Labute approximate surface area is 129 Å². The summed E-state index contributed by atoms with van der Waals surface area (Å²) in [5.41, 5.74) is 0.451. The van der Waals surface area contributed by atoms with Crippen LogP contribution in [0, 0.1) is 10.1 Å². The lowest BCUT2D eigenvalue weighted by Crippen LogP contribution is -2.25. The van der Waals surface area contributed by atoms with E-state index in [1.165, 1.54) is 12.1 Å². The van der Waals surface area contributed by atoms with Crippen LogP contribution in [0.15, 0.2) is 12.1 Å². The van der Waals surface area contributed by atoms with Gasteiger partial charge in [-0.3, -0.25) is 10.1 Å². The van der Waals surface area contributed by atoms with Crippen molar-refractivity contribution in [3.8, 4) is 0 Å². The van der Waals surface area contributed by atoms with Gasteiger partial charge in [0.15, 0.2) is 0 Å². The lowest BCUT2D eigenvalue weighted by atomic mass is 10.2. The third kappa shape index (κ3) is 4.81. The van der Waals surface area contributed by atoms with Gasteiger partial charge in [-0.25, -0.2) is 0 Å². The van der Waals surface area contributed by atoms with Gasteiger partial charge in [0.25, 0.3) is 5.69 Å². The minimum absolute atomic E-state index is 0.103. The largest absolute Gasteiger partial charge is 0.383 e. The molecule has 1 aromatic carbocycles. The summed E-state index contributed by atoms with van der Waals surface area (Å²) in [5.74, 6) is 0.